The summed E-state index contributed by atoms with van der Waals surface area (Å²) in [5.74, 6) is -0.463. The molecule has 9 heteroatoms. The molecule has 3 N–H and O–H groups in total. The first-order chi connectivity index (χ1) is 12.1. The molecule has 140 valence electrons. The first-order valence-corrected chi connectivity index (χ1v) is 9.39. The summed E-state index contributed by atoms with van der Waals surface area (Å²) in [6.07, 6.45) is 2.63. The number of hydrogen-bond donors (Lipinski definition) is 2. The predicted octanol–water partition coefficient (Wildman–Crippen LogP) is 3.21. The molecule has 2 amide bonds. The molecule has 1 saturated heterocycles. The van der Waals surface area contributed by atoms with Crippen LogP contribution in [-0.4, -0.2) is 41.3 Å². The van der Waals surface area contributed by atoms with Gasteiger partial charge in [0.25, 0.3) is 11.8 Å². The standard InChI is InChI=1S/C17H19ClN4O2S.ClH/c18-11-3-4-13(12(9-11)17(24)22-7-1-2-8-22)21-16(23)14-10-25-15(20-14)5-6-19;/h3-4,9-10H,1-2,5-8,19H2,(H,21,23);1H. The molecular formula is C17H20Cl2N4O2S. The molecule has 6 nitrogen and oxygen atoms in total. The molecule has 0 saturated carbocycles. The topological polar surface area (TPSA) is 88.3 Å². The fraction of sp³-hybridized carbons (Fsp3) is 0.353. The molecule has 1 aliphatic rings. The van der Waals surface area contributed by atoms with Crippen LogP contribution >= 0.6 is 35.3 Å². The van der Waals surface area contributed by atoms with Gasteiger partial charge in [0.15, 0.2) is 0 Å². The van der Waals surface area contributed by atoms with Gasteiger partial charge >= 0.3 is 0 Å². The number of rotatable bonds is 5. The number of carbonyl (C=O) groups is 2. The van der Waals surface area contributed by atoms with Gasteiger partial charge in [0.1, 0.15) is 5.69 Å². The summed E-state index contributed by atoms with van der Waals surface area (Å²) in [5, 5.41) is 5.75. The van der Waals surface area contributed by atoms with Crippen LogP contribution in [0.4, 0.5) is 5.69 Å². The van der Waals surface area contributed by atoms with E-state index >= 15 is 0 Å². The lowest BCUT2D eigenvalue weighted by Gasteiger charge is -2.18. The van der Waals surface area contributed by atoms with Crippen LogP contribution in [0.2, 0.25) is 5.02 Å². The van der Waals surface area contributed by atoms with Gasteiger partial charge in [0, 0.05) is 29.9 Å². The highest BCUT2D eigenvalue weighted by atomic mass is 35.5. The van der Waals surface area contributed by atoms with Crippen molar-refractivity contribution in [1.82, 2.24) is 9.88 Å². The smallest absolute Gasteiger partial charge is 0.275 e. The maximum Gasteiger partial charge on any atom is 0.275 e. The maximum atomic E-state index is 12.7. The molecule has 1 aromatic heterocycles. The molecule has 26 heavy (non-hydrogen) atoms. The van der Waals surface area contributed by atoms with Crippen LogP contribution in [0.15, 0.2) is 23.6 Å². The number of likely N-dealkylation sites (tertiary alicyclic amines) is 1. The highest BCUT2D eigenvalue weighted by molar-refractivity contribution is 7.09. The number of carbonyl (C=O) groups excluding carboxylic acids is 2. The van der Waals surface area contributed by atoms with Gasteiger partial charge in [-0.25, -0.2) is 4.98 Å². The van der Waals surface area contributed by atoms with Crippen molar-refractivity contribution in [2.24, 2.45) is 5.73 Å². The van der Waals surface area contributed by atoms with Gasteiger partial charge in [-0.3, -0.25) is 9.59 Å². The van der Waals surface area contributed by atoms with Crippen LogP contribution < -0.4 is 11.1 Å². The Balaban J connectivity index is 0.00000243. The summed E-state index contributed by atoms with van der Waals surface area (Å²) in [4.78, 5) is 31.2. The van der Waals surface area contributed by atoms with E-state index in [4.69, 9.17) is 17.3 Å². The first-order valence-electron chi connectivity index (χ1n) is 8.13. The average molecular weight is 415 g/mol. The molecule has 0 spiro atoms. The van der Waals surface area contributed by atoms with E-state index in [1.165, 1.54) is 11.3 Å². The molecule has 1 aliphatic heterocycles. The van der Waals surface area contributed by atoms with Gasteiger partial charge in [-0.05, 0) is 37.6 Å². The van der Waals surface area contributed by atoms with E-state index in [2.05, 4.69) is 10.3 Å². The molecule has 0 unspecified atom stereocenters. The molecule has 0 bridgehead atoms. The normalized spacial score (nSPS) is 13.4. The second-order valence-corrected chi connectivity index (χ2v) is 7.19. The van der Waals surface area contributed by atoms with Crippen molar-refractivity contribution in [3.05, 3.63) is 44.9 Å². The zero-order chi connectivity index (χ0) is 17.8. The summed E-state index contributed by atoms with van der Waals surface area (Å²) < 4.78 is 0. The number of halogens is 2. The van der Waals surface area contributed by atoms with Gasteiger partial charge in [0.2, 0.25) is 0 Å². The van der Waals surface area contributed by atoms with Crippen LogP contribution in [0.3, 0.4) is 0 Å². The number of nitrogens with zero attached hydrogens (tertiary/aromatic N) is 2. The SMILES string of the molecule is Cl.NCCc1nc(C(=O)Nc2ccc(Cl)cc2C(=O)N2CCCC2)cs1. The molecule has 2 heterocycles. The minimum atomic E-state index is -0.350. The van der Waals surface area contributed by atoms with E-state index in [9.17, 15) is 9.59 Å². The van der Waals surface area contributed by atoms with Gasteiger partial charge in [0.05, 0.1) is 16.3 Å². The van der Waals surface area contributed by atoms with Crippen LogP contribution in [0, 0.1) is 0 Å². The quantitative estimate of drug-likeness (QED) is 0.785. The van der Waals surface area contributed by atoms with Gasteiger partial charge in [-0.2, -0.15) is 0 Å². The Kier molecular flexibility index (Phi) is 7.40. The number of nitrogens with one attached hydrogen (secondary N) is 1. The second-order valence-electron chi connectivity index (χ2n) is 5.81. The van der Waals surface area contributed by atoms with Gasteiger partial charge in [-0.15, -0.1) is 23.7 Å². The zero-order valence-corrected chi connectivity index (χ0v) is 16.4. The largest absolute Gasteiger partial charge is 0.339 e. The van der Waals surface area contributed by atoms with Crippen molar-refractivity contribution in [1.29, 1.82) is 0 Å². The highest BCUT2D eigenvalue weighted by Crippen LogP contribution is 2.25. The van der Waals surface area contributed by atoms with Crippen LogP contribution in [0.25, 0.3) is 0 Å². The zero-order valence-electron chi connectivity index (χ0n) is 14.0. The number of hydrogen-bond acceptors (Lipinski definition) is 5. The van der Waals surface area contributed by atoms with Crippen molar-refractivity contribution in [3.8, 4) is 0 Å². The summed E-state index contributed by atoms with van der Waals surface area (Å²) in [6.45, 7) is 1.95. The lowest BCUT2D eigenvalue weighted by molar-refractivity contribution is 0.0794. The lowest BCUT2D eigenvalue weighted by atomic mass is 10.1. The van der Waals surface area contributed by atoms with Crippen molar-refractivity contribution >= 4 is 52.8 Å². The average Bonchev–Trinajstić information content (AvgIpc) is 3.28. The van der Waals surface area contributed by atoms with Crippen molar-refractivity contribution in [2.45, 2.75) is 19.3 Å². The second kappa shape index (κ2) is 9.32. The van der Waals surface area contributed by atoms with Gasteiger partial charge < -0.3 is 16.0 Å². The molecule has 0 atom stereocenters. The minimum Gasteiger partial charge on any atom is -0.339 e. The Labute approximate surface area is 167 Å². The monoisotopic (exact) mass is 414 g/mol. The van der Waals surface area contributed by atoms with Crippen molar-refractivity contribution in [3.63, 3.8) is 0 Å². The van der Waals surface area contributed by atoms with Crippen LogP contribution in [0.1, 0.15) is 38.7 Å². The molecule has 0 radical (unpaired) electrons. The van der Waals surface area contributed by atoms with E-state index in [1.807, 2.05) is 0 Å². The van der Waals surface area contributed by atoms with Crippen molar-refractivity contribution < 1.29 is 9.59 Å². The summed E-state index contributed by atoms with van der Waals surface area (Å²) >= 11 is 7.45. The maximum absolute atomic E-state index is 12.7. The fourth-order valence-electron chi connectivity index (χ4n) is 2.73. The number of thiazole rings is 1. The molecule has 1 fully saturated rings. The molecule has 2 aromatic rings. The number of nitrogens with two attached hydrogens (primary N) is 1. The number of anilines is 1. The first kappa shape index (κ1) is 20.6. The summed E-state index contributed by atoms with van der Waals surface area (Å²) in [6, 6.07) is 4.90. The predicted molar refractivity (Wildman–Crippen MR) is 107 cm³/mol. The van der Waals surface area contributed by atoms with Crippen LogP contribution in [-0.2, 0) is 6.42 Å². The Morgan fingerprint density at radius 2 is 2.04 bits per heavy atom. The third-order valence-corrected chi connectivity index (χ3v) is 5.14. The van der Waals surface area contributed by atoms with E-state index in [0.717, 1.165) is 30.9 Å². The van der Waals surface area contributed by atoms with Crippen molar-refractivity contribution in [2.75, 3.05) is 25.0 Å². The molecule has 3 rings (SSSR count). The van der Waals surface area contributed by atoms with Crippen LogP contribution in [0.5, 0.6) is 0 Å². The number of amides is 2. The highest BCUT2D eigenvalue weighted by Gasteiger charge is 2.23. The van der Waals surface area contributed by atoms with E-state index in [0.29, 0.717) is 34.9 Å². The Morgan fingerprint density at radius 1 is 1.31 bits per heavy atom. The number of benzene rings is 1. The van der Waals surface area contributed by atoms with Gasteiger partial charge in [-0.1, -0.05) is 11.6 Å². The third kappa shape index (κ3) is 4.73. The van der Waals surface area contributed by atoms with E-state index in [1.54, 1.807) is 28.5 Å². The fourth-order valence-corrected chi connectivity index (χ4v) is 3.70. The summed E-state index contributed by atoms with van der Waals surface area (Å²) in [7, 11) is 0. The Bertz CT molecular complexity index is 791. The lowest BCUT2D eigenvalue weighted by Crippen LogP contribution is -2.29. The molecule has 0 aliphatic carbocycles. The molecular weight excluding hydrogens is 395 g/mol. The Morgan fingerprint density at radius 3 is 2.73 bits per heavy atom. The summed E-state index contributed by atoms with van der Waals surface area (Å²) in [5.41, 5.74) is 6.68. The Hall–Kier alpha value is -1.67. The molecule has 1 aromatic carbocycles. The van der Waals surface area contributed by atoms with E-state index in [-0.39, 0.29) is 24.2 Å². The third-order valence-electron chi connectivity index (χ3n) is 4.00. The minimum absolute atomic E-state index is 0. The number of aromatic nitrogens is 1. The van der Waals surface area contributed by atoms with E-state index < -0.39 is 0 Å².